The summed E-state index contributed by atoms with van der Waals surface area (Å²) < 4.78 is 0. The van der Waals surface area contributed by atoms with Crippen molar-refractivity contribution in [2.45, 2.75) is 0 Å². The summed E-state index contributed by atoms with van der Waals surface area (Å²) in [6, 6.07) is 17.3. The van der Waals surface area contributed by atoms with Gasteiger partial charge in [-0.2, -0.15) is 0 Å². The highest BCUT2D eigenvalue weighted by molar-refractivity contribution is 6.30. The molecule has 0 fully saturated rings. The van der Waals surface area contributed by atoms with Crippen LogP contribution >= 0.6 is 11.6 Å². The Morgan fingerprint density at radius 1 is 0.864 bits per heavy atom. The summed E-state index contributed by atoms with van der Waals surface area (Å²) in [7, 11) is 0. The van der Waals surface area contributed by atoms with Gasteiger partial charge in [-0.1, -0.05) is 60.2 Å². The quantitative estimate of drug-likeness (QED) is 0.683. The van der Waals surface area contributed by atoms with Crippen molar-refractivity contribution in [2.24, 2.45) is 0 Å². The van der Waals surface area contributed by atoms with E-state index in [2.05, 4.69) is 15.4 Å². The predicted octanol–water partition coefficient (Wildman–Crippen LogP) is 4.04. The van der Waals surface area contributed by atoms with Gasteiger partial charge in [0.15, 0.2) is 5.82 Å². The van der Waals surface area contributed by atoms with E-state index in [0.717, 1.165) is 11.3 Å². The Balaban J connectivity index is 1.68. The maximum atomic E-state index is 5.85. The molecule has 0 N–H and O–H groups in total. The summed E-state index contributed by atoms with van der Waals surface area (Å²) >= 11 is 5.85. The summed E-state index contributed by atoms with van der Waals surface area (Å²) in [4.78, 5) is 1.47. The van der Waals surface area contributed by atoms with Gasteiger partial charge < -0.3 is 0 Å². The van der Waals surface area contributed by atoms with Crippen molar-refractivity contribution in [1.82, 2.24) is 20.2 Å². The van der Waals surface area contributed by atoms with E-state index in [9.17, 15) is 0 Å². The summed E-state index contributed by atoms with van der Waals surface area (Å²) in [5, 5.41) is 13.0. The van der Waals surface area contributed by atoms with Gasteiger partial charge in [0.1, 0.15) is 0 Å². The van der Waals surface area contributed by atoms with Crippen LogP contribution in [0.2, 0.25) is 5.02 Å². The van der Waals surface area contributed by atoms with Crippen LogP contribution in [-0.2, 0) is 0 Å². The van der Waals surface area contributed by atoms with Crippen molar-refractivity contribution in [3.63, 3.8) is 0 Å². The minimum absolute atomic E-state index is 0.549. The van der Waals surface area contributed by atoms with E-state index in [-0.39, 0.29) is 0 Å². The van der Waals surface area contributed by atoms with Crippen molar-refractivity contribution in [1.29, 1.82) is 0 Å². The first-order valence-corrected chi connectivity index (χ1v) is 7.15. The molecule has 2 aromatic carbocycles. The van der Waals surface area contributed by atoms with Crippen LogP contribution in [0.25, 0.3) is 17.8 Å². The molecule has 4 nitrogen and oxygen atoms in total. The second kappa shape index (κ2) is 6.83. The van der Waals surface area contributed by atoms with Gasteiger partial charge in [0, 0.05) is 5.02 Å². The number of allylic oxidation sites excluding steroid dienone is 2. The average molecular weight is 309 g/mol. The number of aromatic nitrogens is 4. The zero-order valence-corrected chi connectivity index (χ0v) is 12.4. The molecule has 5 heteroatoms. The molecule has 0 aliphatic rings. The predicted molar refractivity (Wildman–Crippen MR) is 88.7 cm³/mol. The zero-order chi connectivity index (χ0) is 15.2. The lowest BCUT2D eigenvalue weighted by Gasteiger charge is -1.96. The topological polar surface area (TPSA) is 43.6 Å². The summed E-state index contributed by atoms with van der Waals surface area (Å²) in [6.45, 7) is 0. The van der Waals surface area contributed by atoms with Crippen molar-refractivity contribution in [2.75, 3.05) is 0 Å². The molecule has 0 unspecified atom stereocenters. The highest BCUT2D eigenvalue weighted by atomic mass is 35.5. The lowest BCUT2D eigenvalue weighted by molar-refractivity contribution is 0.719. The number of rotatable bonds is 4. The summed E-state index contributed by atoms with van der Waals surface area (Å²) in [5.41, 5.74) is 1.96. The van der Waals surface area contributed by atoms with E-state index in [1.807, 2.05) is 60.7 Å². The number of tetrazole rings is 1. The fourth-order valence-electron chi connectivity index (χ4n) is 1.85. The molecule has 0 aliphatic carbocycles. The van der Waals surface area contributed by atoms with Crippen molar-refractivity contribution in [3.8, 4) is 5.69 Å². The van der Waals surface area contributed by atoms with Crippen LogP contribution in [0, 0.1) is 0 Å². The highest BCUT2D eigenvalue weighted by Crippen LogP contribution is 2.11. The molecule has 1 aromatic heterocycles. The largest absolute Gasteiger partial charge is 0.198 e. The molecular weight excluding hydrogens is 296 g/mol. The molecule has 0 saturated carbocycles. The molecule has 0 amide bonds. The van der Waals surface area contributed by atoms with E-state index < -0.39 is 0 Å². The third kappa shape index (κ3) is 3.68. The molecule has 0 radical (unpaired) electrons. The molecule has 3 aromatic rings. The van der Waals surface area contributed by atoms with Crippen LogP contribution < -0.4 is 0 Å². The van der Waals surface area contributed by atoms with E-state index in [1.54, 1.807) is 18.2 Å². The fourth-order valence-corrected chi connectivity index (χ4v) is 1.97. The van der Waals surface area contributed by atoms with Gasteiger partial charge >= 0.3 is 0 Å². The van der Waals surface area contributed by atoms with E-state index >= 15 is 0 Å². The standard InChI is InChI=1S/C17H13ClN4/c18-15-10-12-16(13-11-15)22-20-17(19-21-22)9-5-4-8-14-6-2-1-3-7-14/h1-13H. The Kier molecular flexibility index (Phi) is 4.41. The van der Waals surface area contributed by atoms with E-state index in [0.29, 0.717) is 10.8 Å². The van der Waals surface area contributed by atoms with Crippen LogP contribution in [0.3, 0.4) is 0 Å². The molecule has 22 heavy (non-hydrogen) atoms. The third-order valence-electron chi connectivity index (χ3n) is 2.93. The molecular formula is C17H13ClN4. The molecule has 3 rings (SSSR count). The molecule has 1 heterocycles. The monoisotopic (exact) mass is 308 g/mol. The normalized spacial score (nSPS) is 11.5. The lowest BCUT2D eigenvalue weighted by Crippen LogP contribution is -1.98. The molecule has 0 spiro atoms. The number of hydrogen-bond acceptors (Lipinski definition) is 3. The first kappa shape index (κ1) is 14.2. The van der Waals surface area contributed by atoms with Crippen LogP contribution in [-0.4, -0.2) is 20.2 Å². The molecule has 0 bridgehead atoms. The van der Waals surface area contributed by atoms with Gasteiger partial charge in [-0.25, -0.2) is 0 Å². The molecule has 0 atom stereocenters. The SMILES string of the molecule is Clc1ccc(-n2nnc(C=CC=Cc3ccccc3)n2)cc1. The van der Waals surface area contributed by atoms with Crippen LogP contribution in [0.15, 0.2) is 66.7 Å². The Hall–Kier alpha value is -2.72. The minimum atomic E-state index is 0.549. The first-order chi connectivity index (χ1) is 10.8. The van der Waals surface area contributed by atoms with Gasteiger partial charge in [0.2, 0.25) is 0 Å². The average Bonchev–Trinajstić information content (AvgIpc) is 3.02. The van der Waals surface area contributed by atoms with Crippen molar-refractivity contribution < 1.29 is 0 Å². The van der Waals surface area contributed by atoms with Crippen LogP contribution in [0.5, 0.6) is 0 Å². The summed E-state index contributed by atoms with van der Waals surface area (Å²) in [5.74, 6) is 0.549. The maximum absolute atomic E-state index is 5.85. The number of hydrogen-bond donors (Lipinski definition) is 0. The highest BCUT2D eigenvalue weighted by Gasteiger charge is 2.01. The van der Waals surface area contributed by atoms with Gasteiger partial charge in [0.25, 0.3) is 0 Å². The third-order valence-corrected chi connectivity index (χ3v) is 3.18. The zero-order valence-electron chi connectivity index (χ0n) is 11.7. The van der Waals surface area contributed by atoms with Crippen molar-refractivity contribution >= 4 is 23.8 Å². The Bertz CT molecular complexity index is 789. The lowest BCUT2D eigenvalue weighted by atomic mass is 10.2. The molecule has 0 aliphatic heterocycles. The Morgan fingerprint density at radius 3 is 2.36 bits per heavy atom. The number of benzene rings is 2. The Morgan fingerprint density at radius 2 is 1.59 bits per heavy atom. The molecule has 108 valence electrons. The number of nitrogens with zero attached hydrogens (tertiary/aromatic N) is 4. The fraction of sp³-hybridized carbons (Fsp3) is 0. The van der Waals surface area contributed by atoms with Gasteiger partial charge in [0.05, 0.1) is 5.69 Å². The Labute approximate surface area is 133 Å². The van der Waals surface area contributed by atoms with Crippen LogP contribution in [0.1, 0.15) is 11.4 Å². The second-order valence-corrected chi connectivity index (χ2v) is 4.98. The second-order valence-electron chi connectivity index (χ2n) is 4.54. The van der Waals surface area contributed by atoms with Gasteiger partial charge in [-0.05, 0) is 41.1 Å². The first-order valence-electron chi connectivity index (χ1n) is 6.77. The van der Waals surface area contributed by atoms with Crippen molar-refractivity contribution in [3.05, 3.63) is 83.2 Å². The van der Waals surface area contributed by atoms with E-state index in [4.69, 9.17) is 11.6 Å². The van der Waals surface area contributed by atoms with E-state index in [1.165, 1.54) is 4.80 Å². The van der Waals surface area contributed by atoms with Crippen LogP contribution in [0.4, 0.5) is 0 Å². The minimum Gasteiger partial charge on any atom is -0.131 e. The smallest absolute Gasteiger partial charge is 0.131 e. The van der Waals surface area contributed by atoms with Gasteiger partial charge in [-0.15, -0.1) is 15.0 Å². The summed E-state index contributed by atoms with van der Waals surface area (Å²) in [6.07, 6.45) is 7.65. The number of halogens is 1. The maximum Gasteiger partial charge on any atom is 0.198 e. The van der Waals surface area contributed by atoms with Gasteiger partial charge in [-0.3, -0.25) is 0 Å². The molecule has 0 saturated heterocycles.